The van der Waals surface area contributed by atoms with Crippen molar-refractivity contribution in [3.63, 3.8) is 0 Å². The highest BCUT2D eigenvalue weighted by Gasteiger charge is 2.12. The lowest BCUT2D eigenvalue weighted by molar-refractivity contribution is -0.117. The number of carbonyl (C=O) groups excluding carboxylic acids is 1. The quantitative estimate of drug-likeness (QED) is 0.544. The first kappa shape index (κ1) is 14.5. The van der Waals surface area contributed by atoms with Gasteiger partial charge in [0.25, 0.3) is 0 Å². The Morgan fingerprint density at radius 3 is 2.61 bits per heavy atom. The number of hydrogen-bond acceptors (Lipinski definition) is 1. The first-order valence-electron chi connectivity index (χ1n) is 6.75. The van der Waals surface area contributed by atoms with Crippen LogP contribution < -0.4 is 5.32 Å². The standard InChI is InChI=1S/C16H23NO/c1-3-5-6-10-13-15(17-16(18)4-2)14-11-8-7-9-12-14/h4,7-9,11-12,15H,2-3,5-6,10,13H2,1H3,(H,17,18). The largest absolute Gasteiger partial charge is 0.346 e. The fourth-order valence-corrected chi connectivity index (χ4v) is 2.01. The minimum Gasteiger partial charge on any atom is -0.346 e. The first-order chi connectivity index (χ1) is 8.77. The lowest BCUT2D eigenvalue weighted by Crippen LogP contribution is -2.26. The molecular formula is C16H23NO. The minimum atomic E-state index is -0.0978. The highest BCUT2D eigenvalue weighted by molar-refractivity contribution is 5.87. The zero-order chi connectivity index (χ0) is 13.2. The Morgan fingerprint density at radius 2 is 2.00 bits per heavy atom. The molecule has 2 heteroatoms. The van der Waals surface area contributed by atoms with Gasteiger partial charge in [-0.25, -0.2) is 0 Å². The topological polar surface area (TPSA) is 29.1 Å². The lowest BCUT2D eigenvalue weighted by atomic mass is 10.00. The molecule has 0 radical (unpaired) electrons. The second kappa shape index (κ2) is 8.51. The van der Waals surface area contributed by atoms with Gasteiger partial charge < -0.3 is 5.32 Å². The fraction of sp³-hybridized carbons (Fsp3) is 0.438. The van der Waals surface area contributed by atoms with Crippen molar-refractivity contribution in [1.82, 2.24) is 5.32 Å². The van der Waals surface area contributed by atoms with E-state index in [0.717, 1.165) is 12.8 Å². The molecule has 0 aliphatic rings. The van der Waals surface area contributed by atoms with Gasteiger partial charge in [-0.2, -0.15) is 0 Å². The summed E-state index contributed by atoms with van der Waals surface area (Å²) in [5, 5.41) is 3.00. The predicted molar refractivity (Wildman–Crippen MR) is 76.3 cm³/mol. The van der Waals surface area contributed by atoms with Crippen molar-refractivity contribution in [2.45, 2.75) is 45.1 Å². The Morgan fingerprint density at radius 1 is 1.28 bits per heavy atom. The highest BCUT2D eigenvalue weighted by Crippen LogP contribution is 2.20. The molecule has 0 saturated heterocycles. The van der Waals surface area contributed by atoms with Crippen LogP contribution in [0.5, 0.6) is 0 Å². The van der Waals surface area contributed by atoms with Gasteiger partial charge in [-0.05, 0) is 18.1 Å². The van der Waals surface area contributed by atoms with Gasteiger partial charge >= 0.3 is 0 Å². The van der Waals surface area contributed by atoms with Crippen LogP contribution in [0.2, 0.25) is 0 Å². The van der Waals surface area contributed by atoms with Gasteiger partial charge in [0, 0.05) is 0 Å². The van der Waals surface area contributed by atoms with Crippen molar-refractivity contribution in [2.75, 3.05) is 0 Å². The van der Waals surface area contributed by atoms with E-state index in [1.54, 1.807) is 0 Å². The maximum atomic E-state index is 11.5. The van der Waals surface area contributed by atoms with Gasteiger partial charge in [0.1, 0.15) is 0 Å². The van der Waals surface area contributed by atoms with E-state index >= 15 is 0 Å². The molecule has 18 heavy (non-hydrogen) atoms. The summed E-state index contributed by atoms with van der Waals surface area (Å²) < 4.78 is 0. The average molecular weight is 245 g/mol. The number of unbranched alkanes of at least 4 members (excludes halogenated alkanes) is 3. The Hall–Kier alpha value is -1.57. The van der Waals surface area contributed by atoms with Crippen LogP contribution in [0, 0.1) is 0 Å². The average Bonchev–Trinajstić information content (AvgIpc) is 2.43. The smallest absolute Gasteiger partial charge is 0.243 e. The molecule has 0 bridgehead atoms. The van der Waals surface area contributed by atoms with E-state index in [-0.39, 0.29) is 11.9 Å². The molecule has 1 unspecified atom stereocenters. The van der Waals surface area contributed by atoms with Crippen LogP contribution in [-0.4, -0.2) is 5.91 Å². The van der Waals surface area contributed by atoms with Crippen molar-refractivity contribution >= 4 is 5.91 Å². The SMILES string of the molecule is C=CC(=O)NC(CCCCCC)c1ccccc1. The predicted octanol–water partition coefficient (Wildman–Crippen LogP) is 4.00. The summed E-state index contributed by atoms with van der Waals surface area (Å²) >= 11 is 0. The Kier molecular flexibility index (Phi) is 6.85. The third-order valence-electron chi connectivity index (χ3n) is 3.05. The van der Waals surface area contributed by atoms with E-state index < -0.39 is 0 Å². The second-order valence-electron chi connectivity index (χ2n) is 4.53. The van der Waals surface area contributed by atoms with Crippen molar-refractivity contribution in [2.24, 2.45) is 0 Å². The third kappa shape index (κ3) is 5.17. The van der Waals surface area contributed by atoms with Crippen molar-refractivity contribution < 1.29 is 4.79 Å². The lowest BCUT2D eigenvalue weighted by Gasteiger charge is -2.18. The van der Waals surface area contributed by atoms with Crippen LogP contribution in [0.4, 0.5) is 0 Å². The molecule has 1 aromatic rings. The van der Waals surface area contributed by atoms with Gasteiger partial charge in [-0.3, -0.25) is 4.79 Å². The summed E-state index contributed by atoms with van der Waals surface area (Å²) in [6, 6.07) is 10.2. The number of hydrogen-bond donors (Lipinski definition) is 1. The van der Waals surface area contributed by atoms with Gasteiger partial charge in [0.2, 0.25) is 5.91 Å². The number of amides is 1. The summed E-state index contributed by atoms with van der Waals surface area (Å²) in [5.41, 5.74) is 1.17. The molecule has 0 saturated carbocycles. The molecule has 98 valence electrons. The molecule has 0 spiro atoms. The Labute approximate surface area is 110 Å². The van der Waals surface area contributed by atoms with Gasteiger partial charge in [0.15, 0.2) is 0 Å². The van der Waals surface area contributed by atoms with Gasteiger partial charge in [-0.1, -0.05) is 69.5 Å². The van der Waals surface area contributed by atoms with Gasteiger partial charge in [0.05, 0.1) is 6.04 Å². The Balaban J connectivity index is 2.57. The monoisotopic (exact) mass is 245 g/mol. The number of rotatable bonds is 8. The number of nitrogens with one attached hydrogen (secondary N) is 1. The molecule has 1 aromatic carbocycles. The molecule has 2 nitrogen and oxygen atoms in total. The number of benzene rings is 1. The van der Waals surface area contributed by atoms with Crippen molar-refractivity contribution in [1.29, 1.82) is 0 Å². The molecule has 0 heterocycles. The summed E-state index contributed by atoms with van der Waals surface area (Å²) in [5.74, 6) is -0.0978. The molecule has 0 aliphatic heterocycles. The summed E-state index contributed by atoms with van der Waals surface area (Å²) in [4.78, 5) is 11.5. The van der Waals surface area contributed by atoms with Crippen molar-refractivity contribution in [3.8, 4) is 0 Å². The van der Waals surface area contributed by atoms with Crippen LogP contribution in [0.1, 0.15) is 50.6 Å². The maximum Gasteiger partial charge on any atom is 0.243 e. The molecule has 1 N–H and O–H groups in total. The van der Waals surface area contributed by atoms with Crippen LogP contribution >= 0.6 is 0 Å². The Bertz CT molecular complexity index is 359. The summed E-state index contributed by atoms with van der Waals surface area (Å²) in [6.45, 7) is 5.71. The van der Waals surface area contributed by atoms with Crippen LogP contribution in [0.3, 0.4) is 0 Å². The first-order valence-corrected chi connectivity index (χ1v) is 6.75. The summed E-state index contributed by atoms with van der Waals surface area (Å²) in [6.07, 6.45) is 7.19. The molecule has 1 amide bonds. The fourth-order valence-electron chi connectivity index (χ4n) is 2.01. The zero-order valence-electron chi connectivity index (χ0n) is 11.2. The van der Waals surface area contributed by atoms with Crippen LogP contribution in [0.15, 0.2) is 43.0 Å². The zero-order valence-corrected chi connectivity index (χ0v) is 11.2. The highest BCUT2D eigenvalue weighted by atomic mass is 16.1. The van der Waals surface area contributed by atoms with E-state index in [9.17, 15) is 4.79 Å². The minimum absolute atomic E-state index is 0.0978. The molecule has 0 aromatic heterocycles. The molecular weight excluding hydrogens is 222 g/mol. The second-order valence-corrected chi connectivity index (χ2v) is 4.53. The molecule has 1 rings (SSSR count). The number of carbonyl (C=O) groups is 1. The molecule has 1 atom stereocenters. The summed E-state index contributed by atoms with van der Waals surface area (Å²) in [7, 11) is 0. The van der Waals surface area contributed by atoms with Crippen molar-refractivity contribution in [3.05, 3.63) is 48.6 Å². The maximum absolute atomic E-state index is 11.5. The van der Waals surface area contributed by atoms with E-state index in [1.165, 1.54) is 30.9 Å². The van der Waals surface area contributed by atoms with E-state index in [0.29, 0.717) is 0 Å². The van der Waals surface area contributed by atoms with Crippen LogP contribution in [0.25, 0.3) is 0 Å². The normalized spacial score (nSPS) is 11.8. The third-order valence-corrected chi connectivity index (χ3v) is 3.05. The van der Waals surface area contributed by atoms with Gasteiger partial charge in [-0.15, -0.1) is 0 Å². The van der Waals surface area contributed by atoms with Crippen LogP contribution in [-0.2, 0) is 4.79 Å². The van der Waals surface area contributed by atoms with E-state index in [4.69, 9.17) is 0 Å². The molecule has 0 aliphatic carbocycles. The molecule has 0 fully saturated rings. The van der Waals surface area contributed by atoms with E-state index in [2.05, 4.69) is 31.0 Å². The van der Waals surface area contributed by atoms with E-state index in [1.807, 2.05) is 18.2 Å².